The average molecular weight is 289 g/mol. The Morgan fingerprint density at radius 1 is 1.29 bits per heavy atom. The van der Waals surface area contributed by atoms with E-state index in [0.29, 0.717) is 32.0 Å². The van der Waals surface area contributed by atoms with Crippen molar-refractivity contribution in [2.75, 3.05) is 44.3 Å². The number of amides is 1. The number of piperidine rings is 1. The van der Waals surface area contributed by atoms with Gasteiger partial charge in [0.2, 0.25) is 0 Å². The van der Waals surface area contributed by atoms with Gasteiger partial charge in [-0.2, -0.15) is 0 Å². The first-order chi connectivity index (χ1) is 10.2. The lowest BCUT2D eigenvalue weighted by Gasteiger charge is -2.32. The molecule has 1 amide bonds. The fraction of sp³-hybridized carbons (Fsp3) is 0.625. The Hall–Kier alpha value is -1.62. The van der Waals surface area contributed by atoms with Crippen molar-refractivity contribution in [3.63, 3.8) is 0 Å². The van der Waals surface area contributed by atoms with E-state index in [1.54, 1.807) is 0 Å². The Labute approximate surface area is 125 Å². The Balaban J connectivity index is 1.67. The van der Waals surface area contributed by atoms with Gasteiger partial charge in [-0.25, -0.2) is 4.98 Å². The minimum absolute atomic E-state index is 0.0110. The van der Waals surface area contributed by atoms with Crippen LogP contribution in [0.25, 0.3) is 0 Å². The standard InChI is InChI=1S/C16H23N3O2/c1-13-3-2-6-19(12-13)14-4-5-15(17-11-14)16(20)18-7-9-21-10-8-18/h4-5,11,13H,2-3,6-10,12H2,1H3. The van der Waals surface area contributed by atoms with E-state index < -0.39 is 0 Å². The van der Waals surface area contributed by atoms with E-state index in [4.69, 9.17) is 4.74 Å². The molecular formula is C16H23N3O2. The molecule has 1 aromatic heterocycles. The van der Waals surface area contributed by atoms with E-state index in [1.165, 1.54) is 12.8 Å². The SMILES string of the molecule is CC1CCCN(c2ccc(C(=O)N3CCOCC3)nc2)C1. The number of aromatic nitrogens is 1. The minimum atomic E-state index is 0.0110. The van der Waals surface area contributed by atoms with Crippen molar-refractivity contribution in [2.24, 2.45) is 5.92 Å². The number of ether oxygens (including phenoxy) is 1. The molecule has 2 fully saturated rings. The monoisotopic (exact) mass is 289 g/mol. The summed E-state index contributed by atoms with van der Waals surface area (Å²) in [6.45, 7) is 7.01. The van der Waals surface area contributed by atoms with Crippen LogP contribution in [0.1, 0.15) is 30.3 Å². The summed E-state index contributed by atoms with van der Waals surface area (Å²) in [5.41, 5.74) is 1.66. The first-order valence-corrected chi connectivity index (χ1v) is 7.82. The van der Waals surface area contributed by atoms with Gasteiger partial charge in [0, 0.05) is 26.2 Å². The number of morpholine rings is 1. The van der Waals surface area contributed by atoms with Crippen LogP contribution in [0, 0.1) is 5.92 Å². The number of nitrogens with zero attached hydrogens (tertiary/aromatic N) is 3. The maximum atomic E-state index is 12.3. The minimum Gasteiger partial charge on any atom is -0.378 e. The molecule has 3 rings (SSSR count). The number of carbonyl (C=O) groups is 1. The Morgan fingerprint density at radius 2 is 2.10 bits per heavy atom. The molecule has 0 radical (unpaired) electrons. The third kappa shape index (κ3) is 3.35. The van der Waals surface area contributed by atoms with E-state index in [9.17, 15) is 4.79 Å². The molecule has 0 saturated carbocycles. The second-order valence-corrected chi connectivity index (χ2v) is 6.00. The quantitative estimate of drug-likeness (QED) is 0.833. The highest BCUT2D eigenvalue weighted by Gasteiger charge is 2.21. The number of carbonyl (C=O) groups excluding carboxylic acids is 1. The summed E-state index contributed by atoms with van der Waals surface area (Å²) in [5.74, 6) is 0.741. The molecule has 0 aromatic carbocycles. The molecule has 2 aliphatic heterocycles. The van der Waals surface area contributed by atoms with Crippen molar-refractivity contribution in [3.8, 4) is 0 Å². The molecule has 3 heterocycles. The fourth-order valence-electron chi connectivity index (χ4n) is 3.05. The number of anilines is 1. The van der Waals surface area contributed by atoms with Crippen molar-refractivity contribution in [1.82, 2.24) is 9.88 Å². The van der Waals surface area contributed by atoms with E-state index in [0.717, 1.165) is 24.7 Å². The molecule has 0 bridgehead atoms. The average Bonchev–Trinajstić information content (AvgIpc) is 2.55. The van der Waals surface area contributed by atoms with Crippen molar-refractivity contribution in [1.29, 1.82) is 0 Å². The molecule has 114 valence electrons. The van der Waals surface area contributed by atoms with Gasteiger partial charge >= 0.3 is 0 Å². The highest BCUT2D eigenvalue weighted by Crippen LogP contribution is 2.22. The molecule has 1 unspecified atom stereocenters. The van der Waals surface area contributed by atoms with Gasteiger partial charge in [0.15, 0.2) is 0 Å². The molecule has 1 atom stereocenters. The van der Waals surface area contributed by atoms with Crippen molar-refractivity contribution in [2.45, 2.75) is 19.8 Å². The topological polar surface area (TPSA) is 45.7 Å². The maximum Gasteiger partial charge on any atom is 0.272 e. The molecule has 2 aliphatic rings. The summed E-state index contributed by atoms with van der Waals surface area (Å²) in [6, 6.07) is 3.88. The zero-order valence-electron chi connectivity index (χ0n) is 12.6. The summed E-state index contributed by atoms with van der Waals surface area (Å²) in [6.07, 6.45) is 4.37. The van der Waals surface area contributed by atoms with E-state index in [-0.39, 0.29) is 5.91 Å². The molecule has 21 heavy (non-hydrogen) atoms. The van der Waals surface area contributed by atoms with Crippen molar-refractivity contribution < 1.29 is 9.53 Å². The Bertz CT molecular complexity index is 483. The first kappa shape index (κ1) is 14.3. The van der Waals surface area contributed by atoms with Gasteiger partial charge in [-0.3, -0.25) is 4.79 Å². The van der Waals surface area contributed by atoms with E-state index >= 15 is 0 Å². The van der Waals surface area contributed by atoms with Crippen LogP contribution in [-0.4, -0.2) is 55.2 Å². The number of hydrogen-bond acceptors (Lipinski definition) is 4. The molecule has 5 nitrogen and oxygen atoms in total. The Morgan fingerprint density at radius 3 is 2.76 bits per heavy atom. The van der Waals surface area contributed by atoms with Gasteiger partial charge in [-0.1, -0.05) is 6.92 Å². The second-order valence-electron chi connectivity index (χ2n) is 6.00. The zero-order valence-corrected chi connectivity index (χ0v) is 12.6. The molecule has 0 spiro atoms. The van der Waals surface area contributed by atoms with Crippen LogP contribution in [0.4, 0.5) is 5.69 Å². The van der Waals surface area contributed by atoms with Crippen LogP contribution in [0.5, 0.6) is 0 Å². The summed E-state index contributed by atoms with van der Waals surface area (Å²) < 4.78 is 5.27. The highest BCUT2D eigenvalue weighted by atomic mass is 16.5. The molecular weight excluding hydrogens is 266 g/mol. The van der Waals surface area contributed by atoms with Gasteiger partial charge in [-0.05, 0) is 30.9 Å². The Kier molecular flexibility index (Phi) is 4.39. The maximum absolute atomic E-state index is 12.3. The third-order valence-electron chi connectivity index (χ3n) is 4.29. The summed E-state index contributed by atoms with van der Waals surface area (Å²) in [5, 5.41) is 0. The zero-order chi connectivity index (χ0) is 14.7. The molecule has 5 heteroatoms. The summed E-state index contributed by atoms with van der Waals surface area (Å²) in [7, 11) is 0. The smallest absolute Gasteiger partial charge is 0.272 e. The normalized spacial score (nSPS) is 23.2. The van der Waals surface area contributed by atoms with Crippen LogP contribution in [-0.2, 0) is 4.74 Å². The van der Waals surface area contributed by atoms with Gasteiger partial charge in [0.25, 0.3) is 5.91 Å². The van der Waals surface area contributed by atoms with Crippen LogP contribution >= 0.6 is 0 Å². The number of hydrogen-bond donors (Lipinski definition) is 0. The van der Waals surface area contributed by atoms with Crippen LogP contribution in [0.2, 0.25) is 0 Å². The van der Waals surface area contributed by atoms with Gasteiger partial charge < -0.3 is 14.5 Å². The highest BCUT2D eigenvalue weighted by molar-refractivity contribution is 5.92. The second kappa shape index (κ2) is 6.43. The van der Waals surface area contributed by atoms with Gasteiger partial charge in [-0.15, -0.1) is 0 Å². The van der Waals surface area contributed by atoms with Crippen molar-refractivity contribution >= 4 is 11.6 Å². The van der Waals surface area contributed by atoms with Gasteiger partial charge in [0.05, 0.1) is 25.1 Å². The van der Waals surface area contributed by atoms with Crippen LogP contribution < -0.4 is 4.90 Å². The predicted octanol–water partition coefficient (Wildman–Crippen LogP) is 1.79. The molecule has 0 N–H and O–H groups in total. The molecule has 0 aliphatic carbocycles. The number of rotatable bonds is 2. The van der Waals surface area contributed by atoms with Crippen molar-refractivity contribution in [3.05, 3.63) is 24.0 Å². The largest absolute Gasteiger partial charge is 0.378 e. The van der Waals surface area contributed by atoms with Crippen LogP contribution in [0.15, 0.2) is 18.3 Å². The van der Waals surface area contributed by atoms with E-state index in [2.05, 4.69) is 16.8 Å². The lowest BCUT2D eigenvalue weighted by atomic mass is 10.00. The third-order valence-corrected chi connectivity index (χ3v) is 4.29. The number of pyridine rings is 1. The summed E-state index contributed by atoms with van der Waals surface area (Å²) in [4.78, 5) is 20.9. The molecule has 1 aromatic rings. The first-order valence-electron chi connectivity index (χ1n) is 7.82. The lowest BCUT2D eigenvalue weighted by molar-refractivity contribution is 0.0299. The predicted molar refractivity (Wildman–Crippen MR) is 81.6 cm³/mol. The van der Waals surface area contributed by atoms with E-state index in [1.807, 2.05) is 23.2 Å². The van der Waals surface area contributed by atoms with Gasteiger partial charge in [0.1, 0.15) is 5.69 Å². The molecule has 2 saturated heterocycles. The van der Waals surface area contributed by atoms with Crippen LogP contribution in [0.3, 0.4) is 0 Å². The fourth-order valence-corrected chi connectivity index (χ4v) is 3.05. The summed E-state index contributed by atoms with van der Waals surface area (Å²) >= 11 is 0. The lowest BCUT2D eigenvalue weighted by Crippen LogP contribution is -2.41.